The van der Waals surface area contributed by atoms with Gasteiger partial charge >= 0.3 is 0 Å². The second-order valence-electron chi connectivity index (χ2n) is 3.11. The van der Waals surface area contributed by atoms with Crippen LogP contribution in [-0.4, -0.2) is 25.7 Å². The molecule has 0 aliphatic carbocycles. The van der Waals surface area contributed by atoms with Crippen LogP contribution in [0.2, 0.25) is 5.02 Å². The normalized spacial score (nSPS) is 10.2. The van der Waals surface area contributed by atoms with Gasteiger partial charge in [-0.3, -0.25) is 4.79 Å². The molecule has 0 atom stereocenters. The number of hydrogen-bond donors (Lipinski definition) is 1. The number of rotatable bonds is 5. The van der Waals surface area contributed by atoms with Gasteiger partial charge in [0, 0.05) is 28.2 Å². The van der Waals surface area contributed by atoms with Gasteiger partial charge < -0.3 is 10.1 Å². The van der Waals surface area contributed by atoms with E-state index in [0.29, 0.717) is 30.3 Å². The maximum atomic E-state index is 11.7. The molecule has 5 heteroatoms. The number of amides is 1. The van der Waals surface area contributed by atoms with E-state index in [-0.39, 0.29) is 5.91 Å². The van der Waals surface area contributed by atoms with E-state index >= 15 is 0 Å². The molecule has 1 rings (SSSR count). The van der Waals surface area contributed by atoms with E-state index in [0.717, 1.165) is 4.47 Å². The summed E-state index contributed by atoms with van der Waals surface area (Å²) in [5, 5.41) is 3.28. The molecule has 3 nitrogen and oxygen atoms in total. The van der Waals surface area contributed by atoms with Crippen LogP contribution in [0.4, 0.5) is 0 Å². The van der Waals surface area contributed by atoms with E-state index in [9.17, 15) is 4.79 Å². The molecule has 1 amide bonds. The summed E-state index contributed by atoms with van der Waals surface area (Å²) in [5.41, 5.74) is 0.538. The fourth-order valence-electron chi connectivity index (χ4n) is 1.17. The monoisotopic (exact) mass is 305 g/mol. The average molecular weight is 307 g/mol. The second-order valence-corrected chi connectivity index (χ2v) is 4.46. The van der Waals surface area contributed by atoms with E-state index in [2.05, 4.69) is 21.2 Å². The molecule has 0 heterocycles. The predicted molar refractivity (Wildman–Crippen MR) is 68.0 cm³/mol. The number of nitrogens with one attached hydrogen (secondary N) is 1. The lowest BCUT2D eigenvalue weighted by Crippen LogP contribution is -2.27. The first-order valence-corrected chi connectivity index (χ1v) is 6.12. The van der Waals surface area contributed by atoms with Gasteiger partial charge in [-0.2, -0.15) is 0 Å². The first-order chi connectivity index (χ1) is 7.63. The summed E-state index contributed by atoms with van der Waals surface area (Å²) in [6.07, 6.45) is 0. The molecule has 0 aliphatic rings. The predicted octanol–water partition coefficient (Wildman–Crippen LogP) is 2.87. The summed E-state index contributed by atoms with van der Waals surface area (Å²) >= 11 is 9.13. The third-order valence-corrected chi connectivity index (χ3v) is 2.54. The van der Waals surface area contributed by atoms with Gasteiger partial charge in [0.05, 0.1) is 6.61 Å². The molecule has 0 saturated carbocycles. The first-order valence-electron chi connectivity index (χ1n) is 4.95. The minimum absolute atomic E-state index is 0.150. The Morgan fingerprint density at radius 2 is 2.25 bits per heavy atom. The summed E-state index contributed by atoms with van der Waals surface area (Å²) in [7, 11) is 0. The average Bonchev–Trinajstić information content (AvgIpc) is 2.22. The van der Waals surface area contributed by atoms with Crippen molar-refractivity contribution < 1.29 is 9.53 Å². The second kappa shape index (κ2) is 6.89. The Hall–Kier alpha value is -0.580. The highest BCUT2D eigenvalue weighted by Gasteiger charge is 2.06. The third kappa shape index (κ3) is 4.51. The molecular weight excluding hydrogens is 293 g/mol. The molecule has 0 unspecified atom stereocenters. The standard InChI is InChI=1S/C11H13BrClNO2/c1-2-16-4-3-14-11(15)8-5-9(12)7-10(13)6-8/h5-7H,2-4H2,1H3,(H,14,15). The van der Waals surface area contributed by atoms with Gasteiger partial charge in [0.2, 0.25) is 0 Å². The van der Waals surface area contributed by atoms with Gasteiger partial charge in [0.1, 0.15) is 0 Å². The zero-order valence-corrected chi connectivity index (χ0v) is 11.3. The highest BCUT2D eigenvalue weighted by molar-refractivity contribution is 9.10. The summed E-state index contributed by atoms with van der Waals surface area (Å²) < 4.78 is 5.90. The lowest BCUT2D eigenvalue weighted by Gasteiger charge is -2.06. The molecule has 0 radical (unpaired) electrons. The summed E-state index contributed by atoms with van der Waals surface area (Å²) in [4.78, 5) is 11.7. The first kappa shape index (κ1) is 13.5. The molecule has 0 spiro atoms. The molecule has 0 fully saturated rings. The molecule has 88 valence electrons. The van der Waals surface area contributed by atoms with Gasteiger partial charge in [-0.05, 0) is 25.1 Å². The van der Waals surface area contributed by atoms with E-state index in [1.165, 1.54) is 0 Å². The minimum atomic E-state index is -0.150. The number of benzene rings is 1. The van der Waals surface area contributed by atoms with Crippen LogP contribution in [0.15, 0.2) is 22.7 Å². The Kier molecular flexibility index (Phi) is 5.80. The van der Waals surface area contributed by atoms with Crippen molar-refractivity contribution in [2.45, 2.75) is 6.92 Å². The van der Waals surface area contributed by atoms with Crippen molar-refractivity contribution in [1.82, 2.24) is 5.32 Å². The number of hydrogen-bond acceptors (Lipinski definition) is 2. The lowest BCUT2D eigenvalue weighted by molar-refractivity contribution is 0.0922. The van der Waals surface area contributed by atoms with Crippen LogP contribution in [0, 0.1) is 0 Å². The van der Waals surface area contributed by atoms with Crippen molar-refractivity contribution in [3.05, 3.63) is 33.3 Å². The highest BCUT2D eigenvalue weighted by atomic mass is 79.9. The summed E-state index contributed by atoms with van der Waals surface area (Å²) in [6, 6.07) is 5.09. The Bertz CT molecular complexity index is 351. The molecule has 16 heavy (non-hydrogen) atoms. The van der Waals surface area contributed by atoms with Crippen LogP contribution in [0.25, 0.3) is 0 Å². The van der Waals surface area contributed by atoms with Crippen LogP contribution in [0.1, 0.15) is 17.3 Å². The molecule has 0 aliphatic heterocycles. The number of halogens is 2. The van der Waals surface area contributed by atoms with Crippen molar-refractivity contribution in [2.75, 3.05) is 19.8 Å². The van der Waals surface area contributed by atoms with Crippen LogP contribution < -0.4 is 5.32 Å². The van der Waals surface area contributed by atoms with Crippen LogP contribution >= 0.6 is 27.5 Å². The maximum Gasteiger partial charge on any atom is 0.251 e. The van der Waals surface area contributed by atoms with Crippen molar-refractivity contribution in [3.8, 4) is 0 Å². The third-order valence-electron chi connectivity index (χ3n) is 1.86. The van der Waals surface area contributed by atoms with Crippen LogP contribution in [0.3, 0.4) is 0 Å². The molecule has 0 bridgehead atoms. The van der Waals surface area contributed by atoms with E-state index in [1.54, 1.807) is 18.2 Å². The Morgan fingerprint density at radius 3 is 2.88 bits per heavy atom. The molecule has 0 aromatic heterocycles. The summed E-state index contributed by atoms with van der Waals surface area (Å²) in [6.45, 7) is 3.58. The van der Waals surface area contributed by atoms with Gasteiger partial charge in [-0.25, -0.2) is 0 Å². The van der Waals surface area contributed by atoms with E-state index in [4.69, 9.17) is 16.3 Å². The van der Waals surface area contributed by atoms with Crippen LogP contribution in [-0.2, 0) is 4.74 Å². The number of ether oxygens (including phenoxy) is 1. The molecule has 1 aromatic carbocycles. The molecule has 0 saturated heterocycles. The Balaban J connectivity index is 2.52. The summed E-state index contributed by atoms with van der Waals surface area (Å²) in [5.74, 6) is -0.150. The van der Waals surface area contributed by atoms with Crippen molar-refractivity contribution in [1.29, 1.82) is 0 Å². The van der Waals surface area contributed by atoms with Crippen LogP contribution in [0.5, 0.6) is 0 Å². The smallest absolute Gasteiger partial charge is 0.251 e. The van der Waals surface area contributed by atoms with Crippen molar-refractivity contribution in [3.63, 3.8) is 0 Å². The highest BCUT2D eigenvalue weighted by Crippen LogP contribution is 2.19. The zero-order chi connectivity index (χ0) is 12.0. The quantitative estimate of drug-likeness (QED) is 0.850. The van der Waals surface area contributed by atoms with E-state index in [1.807, 2.05) is 6.92 Å². The number of carbonyl (C=O) groups excluding carboxylic acids is 1. The zero-order valence-electron chi connectivity index (χ0n) is 8.93. The molecular formula is C11H13BrClNO2. The number of carbonyl (C=O) groups is 1. The lowest BCUT2D eigenvalue weighted by atomic mass is 10.2. The largest absolute Gasteiger partial charge is 0.380 e. The van der Waals surface area contributed by atoms with Crippen molar-refractivity contribution in [2.24, 2.45) is 0 Å². The maximum absolute atomic E-state index is 11.7. The van der Waals surface area contributed by atoms with E-state index < -0.39 is 0 Å². The molecule has 1 aromatic rings. The fourth-order valence-corrected chi connectivity index (χ4v) is 2.03. The van der Waals surface area contributed by atoms with Crippen molar-refractivity contribution >= 4 is 33.4 Å². The SMILES string of the molecule is CCOCCNC(=O)c1cc(Cl)cc(Br)c1. The van der Waals surface area contributed by atoms with Gasteiger partial charge in [-0.15, -0.1) is 0 Å². The van der Waals surface area contributed by atoms with Gasteiger partial charge in [-0.1, -0.05) is 27.5 Å². The fraction of sp³-hybridized carbons (Fsp3) is 0.364. The van der Waals surface area contributed by atoms with Gasteiger partial charge in [0.15, 0.2) is 0 Å². The van der Waals surface area contributed by atoms with Gasteiger partial charge in [0.25, 0.3) is 5.91 Å². The Morgan fingerprint density at radius 1 is 1.50 bits per heavy atom. The minimum Gasteiger partial charge on any atom is -0.380 e. The Labute approximate surface area is 108 Å². The topological polar surface area (TPSA) is 38.3 Å². The molecule has 1 N–H and O–H groups in total.